The Kier molecular flexibility index (Phi) is 32.1. The van der Waals surface area contributed by atoms with Gasteiger partial charge in [0.05, 0.1) is 158 Å². The van der Waals surface area contributed by atoms with Gasteiger partial charge in [0, 0.05) is 0 Å². The summed E-state index contributed by atoms with van der Waals surface area (Å²) in [7, 11) is 0. The lowest BCUT2D eigenvalue weighted by Crippen LogP contribution is -2.15. The summed E-state index contributed by atoms with van der Waals surface area (Å²) in [4.78, 5) is 0. The van der Waals surface area contributed by atoms with Crippen molar-refractivity contribution in [2.24, 2.45) is 0 Å². The molecule has 258 valence electrons. The Morgan fingerprint density at radius 2 is 0.591 bits per heavy atom. The summed E-state index contributed by atoms with van der Waals surface area (Å²) in [6.45, 7) is 16.4. The molecule has 12 nitrogen and oxygen atoms in total. The molecule has 0 radical (unpaired) electrons. The molecule has 0 bridgehead atoms. The zero-order valence-electron chi connectivity index (χ0n) is 27.1. The van der Waals surface area contributed by atoms with Gasteiger partial charge in [0.1, 0.15) is 0 Å². The second kappa shape index (κ2) is 34.6. The fourth-order valence-corrected chi connectivity index (χ4v) is 3.31. The lowest BCUT2D eigenvalue weighted by molar-refractivity contribution is -0.0294. The van der Waals surface area contributed by atoms with Crippen LogP contribution in [0.15, 0.2) is 30.3 Å². The zero-order chi connectivity index (χ0) is 31.4. The van der Waals surface area contributed by atoms with Crippen LogP contribution in [0.3, 0.4) is 0 Å². The van der Waals surface area contributed by atoms with E-state index >= 15 is 0 Å². The van der Waals surface area contributed by atoms with Gasteiger partial charge < -0.3 is 56.8 Å². The van der Waals surface area contributed by atoms with E-state index in [0.29, 0.717) is 152 Å². The van der Waals surface area contributed by atoms with Crippen molar-refractivity contribution in [2.75, 3.05) is 145 Å². The van der Waals surface area contributed by atoms with Crippen LogP contribution in [0, 0.1) is 0 Å². The van der Waals surface area contributed by atoms with Crippen molar-refractivity contribution in [1.29, 1.82) is 0 Å². The van der Waals surface area contributed by atoms with Crippen molar-refractivity contribution in [1.82, 2.24) is 0 Å². The Hall–Kier alpha value is -1.26. The third kappa shape index (κ3) is 32.1. The van der Waals surface area contributed by atoms with Crippen LogP contribution in [0.4, 0.5) is 0 Å². The Labute approximate surface area is 264 Å². The van der Waals surface area contributed by atoms with Gasteiger partial charge in [-0.1, -0.05) is 30.3 Å². The molecular formula is C32H58O12. The number of hydrogen-bond acceptors (Lipinski definition) is 12. The molecule has 0 aromatic heterocycles. The Bertz CT molecular complexity index is 668. The van der Waals surface area contributed by atoms with Crippen molar-refractivity contribution >= 4 is 0 Å². The van der Waals surface area contributed by atoms with E-state index in [1.54, 1.807) is 0 Å². The van der Waals surface area contributed by atoms with E-state index in [1.807, 2.05) is 44.2 Å². The van der Waals surface area contributed by atoms with Crippen LogP contribution in [0.2, 0.25) is 0 Å². The maximum Gasteiger partial charge on any atom is 0.0718 e. The van der Waals surface area contributed by atoms with E-state index in [-0.39, 0.29) is 6.10 Å². The van der Waals surface area contributed by atoms with E-state index < -0.39 is 0 Å². The van der Waals surface area contributed by atoms with Gasteiger partial charge in [-0.25, -0.2) is 0 Å². The van der Waals surface area contributed by atoms with Crippen LogP contribution in [-0.4, -0.2) is 151 Å². The van der Waals surface area contributed by atoms with Crippen LogP contribution >= 0.6 is 0 Å². The van der Waals surface area contributed by atoms with Gasteiger partial charge >= 0.3 is 0 Å². The molecule has 12 heteroatoms. The summed E-state index contributed by atoms with van der Waals surface area (Å²) < 4.78 is 65.6. The van der Waals surface area contributed by atoms with E-state index in [2.05, 4.69) is 0 Å². The molecule has 0 heterocycles. The molecule has 1 rings (SSSR count). The van der Waals surface area contributed by atoms with Crippen molar-refractivity contribution < 1.29 is 56.8 Å². The summed E-state index contributed by atoms with van der Waals surface area (Å²) in [5.41, 5.74) is 1.16. The van der Waals surface area contributed by atoms with Crippen molar-refractivity contribution in [2.45, 2.75) is 26.6 Å². The molecule has 0 saturated carbocycles. The third-order valence-electron chi connectivity index (χ3n) is 5.51. The highest BCUT2D eigenvalue weighted by atomic mass is 16.6. The Morgan fingerprint density at radius 1 is 0.341 bits per heavy atom. The van der Waals surface area contributed by atoms with Gasteiger partial charge in [-0.05, 0) is 19.4 Å². The normalized spacial score (nSPS) is 11.6. The maximum absolute atomic E-state index is 5.56. The second-order valence-electron chi connectivity index (χ2n) is 9.58. The minimum atomic E-state index is 0.232. The van der Waals surface area contributed by atoms with Crippen LogP contribution in [-0.2, 0) is 63.4 Å². The molecule has 0 aliphatic heterocycles. The largest absolute Gasteiger partial charge is 0.377 e. The van der Waals surface area contributed by atoms with Crippen molar-refractivity contribution in [3.63, 3.8) is 0 Å². The van der Waals surface area contributed by atoms with Crippen molar-refractivity contribution in [3.05, 3.63) is 35.9 Å². The fourth-order valence-electron chi connectivity index (χ4n) is 3.31. The summed E-state index contributed by atoms with van der Waals surface area (Å²) in [6.07, 6.45) is 0.232. The fraction of sp³-hybridized carbons (Fsp3) is 0.812. The predicted molar refractivity (Wildman–Crippen MR) is 165 cm³/mol. The topological polar surface area (TPSA) is 111 Å². The molecule has 0 spiro atoms. The highest BCUT2D eigenvalue weighted by molar-refractivity contribution is 5.13. The highest BCUT2D eigenvalue weighted by Crippen LogP contribution is 2.00. The maximum atomic E-state index is 5.56. The molecule has 1 aromatic carbocycles. The number of ether oxygens (including phenoxy) is 12. The van der Waals surface area contributed by atoms with Gasteiger partial charge in [0.25, 0.3) is 0 Å². The molecule has 0 aliphatic rings. The molecular weight excluding hydrogens is 576 g/mol. The van der Waals surface area contributed by atoms with Gasteiger partial charge in [0.15, 0.2) is 0 Å². The van der Waals surface area contributed by atoms with E-state index in [9.17, 15) is 0 Å². The zero-order valence-corrected chi connectivity index (χ0v) is 27.1. The van der Waals surface area contributed by atoms with Gasteiger partial charge in [-0.2, -0.15) is 0 Å². The number of rotatable bonds is 36. The smallest absolute Gasteiger partial charge is 0.0718 e. The van der Waals surface area contributed by atoms with Crippen LogP contribution in [0.5, 0.6) is 0 Å². The lowest BCUT2D eigenvalue weighted by Gasteiger charge is -2.09. The number of hydrogen-bond donors (Lipinski definition) is 0. The molecule has 0 N–H and O–H groups in total. The summed E-state index contributed by atoms with van der Waals surface area (Å²) in [5, 5.41) is 0. The molecule has 1 aromatic rings. The van der Waals surface area contributed by atoms with Crippen LogP contribution < -0.4 is 0 Å². The minimum absolute atomic E-state index is 0.232. The molecule has 0 atom stereocenters. The van der Waals surface area contributed by atoms with Crippen molar-refractivity contribution in [3.8, 4) is 0 Å². The van der Waals surface area contributed by atoms with Crippen LogP contribution in [0.25, 0.3) is 0 Å². The average molecular weight is 635 g/mol. The first-order chi connectivity index (χ1) is 21.8. The molecule has 0 saturated heterocycles. The van der Waals surface area contributed by atoms with E-state index in [0.717, 1.165) is 5.56 Å². The summed E-state index contributed by atoms with van der Waals surface area (Å²) in [6, 6.07) is 10.1. The molecule has 0 amide bonds. The first-order valence-electron chi connectivity index (χ1n) is 15.8. The first-order valence-corrected chi connectivity index (χ1v) is 15.8. The highest BCUT2D eigenvalue weighted by Gasteiger charge is 1.97. The quantitative estimate of drug-likeness (QED) is 0.101. The molecule has 0 aliphatic carbocycles. The first kappa shape index (κ1) is 40.8. The minimum Gasteiger partial charge on any atom is -0.377 e. The van der Waals surface area contributed by atoms with E-state index in [4.69, 9.17) is 56.8 Å². The Balaban J connectivity index is 1.61. The summed E-state index contributed by atoms with van der Waals surface area (Å²) >= 11 is 0. The predicted octanol–water partition coefficient (Wildman–Crippen LogP) is 2.79. The standard InChI is InChI=1S/C32H58O12/c1-31(2)44-29-28-42-25-24-40-21-20-38-17-16-36-13-12-34-9-8-33-10-11-35-14-15-37-18-19-39-22-23-41-26-27-43-30-32-6-4-3-5-7-32/h3-7,31H,8-30H2,1-2H3. The van der Waals surface area contributed by atoms with Gasteiger partial charge in [-0.15, -0.1) is 0 Å². The molecule has 0 fully saturated rings. The Morgan fingerprint density at radius 3 is 0.864 bits per heavy atom. The van der Waals surface area contributed by atoms with Gasteiger partial charge in [0.2, 0.25) is 0 Å². The number of benzene rings is 1. The van der Waals surface area contributed by atoms with Crippen LogP contribution in [0.1, 0.15) is 19.4 Å². The molecule has 0 unspecified atom stereocenters. The summed E-state index contributed by atoms with van der Waals surface area (Å²) in [5.74, 6) is 0. The van der Waals surface area contributed by atoms with E-state index in [1.165, 1.54) is 0 Å². The average Bonchev–Trinajstić information content (AvgIpc) is 3.03. The van der Waals surface area contributed by atoms with Gasteiger partial charge in [-0.3, -0.25) is 0 Å². The lowest BCUT2D eigenvalue weighted by atomic mass is 10.2. The SMILES string of the molecule is CC(C)OCCOCCOCCOCCOCCOCCOCCOCCOCCOCCOCCOCc1ccccc1. The molecule has 44 heavy (non-hydrogen) atoms. The third-order valence-corrected chi connectivity index (χ3v) is 5.51. The second-order valence-corrected chi connectivity index (χ2v) is 9.58. The monoisotopic (exact) mass is 634 g/mol.